The van der Waals surface area contributed by atoms with Crippen molar-refractivity contribution in [2.24, 2.45) is 0 Å². The Bertz CT molecular complexity index is 772. The molecule has 1 atom stereocenters. The first-order chi connectivity index (χ1) is 12.7. The highest BCUT2D eigenvalue weighted by Gasteiger charge is 2.28. The number of fused-ring (bicyclic) bond motifs is 1. The Morgan fingerprint density at radius 1 is 1.12 bits per heavy atom. The van der Waals surface area contributed by atoms with Crippen molar-refractivity contribution in [3.8, 4) is 0 Å². The van der Waals surface area contributed by atoms with E-state index in [2.05, 4.69) is 12.2 Å². The van der Waals surface area contributed by atoms with E-state index in [1.807, 2.05) is 47.4 Å². The summed E-state index contributed by atoms with van der Waals surface area (Å²) in [5.41, 5.74) is 0.610. The molecule has 0 aliphatic carbocycles. The van der Waals surface area contributed by atoms with Gasteiger partial charge in [-0.1, -0.05) is 50.1 Å². The molecule has 1 aliphatic rings. The number of carbonyl (C=O) groups is 2. The van der Waals surface area contributed by atoms with Crippen LogP contribution in [0, 0.1) is 0 Å². The fourth-order valence-electron chi connectivity index (χ4n) is 3.59. The van der Waals surface area contributed by atoms with Crippen molar-refractivity contribution < 1.29 is 9.59 Å². The van der Waals surface area contributed by atoms with Gasteiger partial charge in [-0.25, -0.2) is 0 Å². The summed E-state index contributed by atoms with van der Waals surface area (Å²) in [5.74, 6) is -0.0859. The van der Waals surface area contributed by atoms with Crippen LogP contribution in [0.3, 0.4) is 0 Å². The van der Waals surface area contributed by atoms with Crippen molar-refractivity contribution in [1.82, 2.24) is 10.2 Å². The van der Waals surface area contributed by atoms with E-state index in [0.717, 1.165) is 62.4 Å². The summed E-state index contributed by atoms with van der Waals surface area (Å²) in [4.78, 5) is 27.5. The van der Waals surface area contributed by atoms with Crippen molar-refractivity contribution in [3.05, 3.63) is 48.0 Å². The molecule has 0 aromatic heterocycles. The van der Waals surface area contributed by atoms with Gasteiger partial charge in [-0.2, -0.15) is 0 Å². The van der Waals surface area contributed by atoms with Crippen molar-refractivity contribution in [1.29, 1.82) is 0 Å². The first-order valence-corrected chi connectivity index (χ1v) is 9.77. The van der Waals surface area contributed by atoms with E-state index in [1.165, 1.54) is 0 Å². The molecule has 2 aromatic carbocycles. The molecule has 4 heteroatoms. The van der Waals surface area contributed by atoms with Gasteiger partial charge in [0.15, 0.2) is 0 Å². The molecule has 1 unspecified atom stereocenters. The maximum Gasteiger partial charge on any atom is 0.251 e. The first kappa shape index (κ1) is 18.4. The van der Waals surface area contributed by atoms with Crippen LogP contribution in [-0.4, -0.2) is 35.8 Å². The molecule has 0 spiro atoms. The minimum atomic E-state index is -0.405. The molecule has 138 valence electrons. The van der Waals surface area contributed by atoms with E-state index in [-0.39, 0.29) is 11.8 Å². The van der Waals surface area contributed by atoms with Crippen LogP contribution >= 0.6 is 0 Å². The fraction of sp³-hybridized carbons (Fsp3) is 0.455. The lowest BCUT2D eigenvalue weighted by Crippen LogP contribution is -2.47. The van der Waals surface area contributed by atoms with Gasteiger partial charge in [-0.3, -0.25) is 9.59 Å². The second-order valence-corrected chi connectivity index (χ2v) is 7.12. The van der Waals surface area contributed by atoms with Gasteiger partial charge in [0.25, 0.3) is 5.91 Å². The molecule has 1 aliphatic heterocycles. The molecule has 1 heterocycles. The first-order valence-electron chi connectivity index (χ1n) is 9.77. The highest BCUT2D eigenvalue weighted by molar-refractivity contribution is 6.00. The average Bonchev–Trinajstić information content (AvgIpc) is 2.84. The van der Waals surface area contributed by atoms with E-state index in [4.69, 9.17) is 0 Å². The largest absolute Gasteiger partial charge is 0.341 e. The normalized spacial score (nSPS) is 18.0. The van der Waals surface area contributed by atoms with Crippen LogP contribution in [-0.2, 0) is 4.79 Å². The molecular formula is C22H28N2O2. The second kappa shape index (κ2) is 8.84. The number of likely N-dealkylation sites (tertiary alicyclic amines) is 1. The van der Waals surface area contributed by atoms with Gasteiger partial charge in [-0.05, 0) is 48.6 Å². The standard InChI is InChI=1S/C22H28N2O2/c1-2-3-7-14-24-15-8-6-11-20(22(24)26)23-21(25)19-13-12-17-9-4-5-10-18(17)16-19/h4-5,9-10,12-13,16,20H,2-3,6-8,11,14-15H2,1H3,(H,23,25). The zero-order valence-corrected chi connectivity index (χ0v) is 15.5. The maximum absolute atomic E-state index is 12.8. The molecule has 1 N–H and O–H groups in total. The van der Waals surface area contributed by atoms with Crippen molar-refractivity contribution in [2.45, 2.75) is 51.5 Å². The van der Waals surface area contributed by atoms with Crippen LogP contribution in [0.25, 0.3) is 10.8 Å². The zero-order valence-electron chi connectivity index (χ0n) is 15.5. The topological polar surface area (TPSA) is 49.4 Å². The number of unbranched alkanes of at least 4 members (excludes halogenated alkanes) is 2. The van der Waals surface area contributed by atoms with Crippen molar-refractivity contribution >= 4 is 22.6 Å². The average molecular weight is 352 g/mol. The predicted octanol–water partition coefficient (Wildman–Crippen LogP) is 4.14. The van der Waals surface area contributed by atoms with E-state index in [9.17, 15) is 9.59 Å². The fourth-order valence-corrected chi connectivity index (χ4v) is 3.59. The minimum Gasteiger partial charge on any atom is -0.341 e. The van der Waals surface area contributed by atoms with Gasteiger partial charge in [0.1, 0.15) is 6.04 Å². The van der Waals surface area contributed by atoms with Gasteiger partial charge >= 0.3 is 0 Å². The number of hydrogen-bond donors (Lipinski definition) is 1. The third kappa shape index (κ3) is 4.43. The molecule has 2 aromatic rings. The number of benzene rings is 2. The Morgan fingerprint density at radius 2 is 1.92 bits per heavy atom. The minimum absolute atomic E-state index is 0.0766. The van der Waals surface area contributed by atoms with Crippen molar-refractivity contribution in [3.63, 3.8) is 0 Å². The molecule has 0 bridgehead atoms. The Kier molecular flexibility index (Phi) is 6.26. The number of hydrogen-bond acceptors (Lipinski definition) is 2. The Balaban J connectivity index is 1.68. The summed E-state index contributed by atoms with van der Waals surface area (Å²) in [6.07, 6.45) is 6.02. The van der Waals surface area contributed by atoms with Crippen LogP contribution in [0.4, 0.5) is 0 Å². The molecule has 0 radical (unpaired) electrons. The van der Waals surface area contributed by atoms with Crippen LogP contribution in [0.5, 0.6) is 0 Å². The summed E-state index contributed by atoms with van der Waals surface area (Å²) in [6, 6.07) is 13.3. The lowest BCUT2D eigenvalue weighted by Gasteiger charge is -2.25. The third-order valence-electron chi connectivity index (χ3n) is 5.13. The molecule has 1 fully saturated rings. The summed E-state index contributed by atoms with van der Waals surface area (Å²) >= 11 is 0. The quantitative estimate of drug-likeness (QED) is 0.794. The third-order valence-corrected chi connectivity index (χ3v) is 5.13. The molecule has 4 nitrogen and oxygen atoms in total. The van der Waals surface area contributed by atoms with Crippen LogP contribution in [0.15, 0.2) is 42.5 Å². The Labute approximate surface area is 155 Å². The molecule has 26 heavy (non-hydrogen) atoms. The smallest absolute Gasteiger partial charge is 0.251 e. The number of rotatable bonds is 6. The summed E-state index contributed by atoms with van der Waals surface area (Å²) in [5, 5.41) is 5.12. The van der Waals surface area contributed by atoms with Gasteiger partial charge in [0.2, 0.25) is 5.91 Å². The maximum atomic E-state index is 12.8. The zero-order chi connectivity index (χ0) is 18.4. The summed E-state index contributed by atoms with van der Waals surface area (Å²) < 4.78 is 0. The SMILES string of the molecule is CCCCCN1CCCCC(NC(=O)c2ccc3ccccc3c2)C1=O. The Hall–Kier alpha value is -2.36. The van der Waals surface area contributed by atoms with E-state index in [0.29, 0.717) is 5.56 Å². The lowest BCUT2D eigenvalue weighted by molar-refractivity contribution is -0.132. The van der Waals surface area contributed by atoms with E-state index in [1.54, 1.807) is 0 Å². The van der Waals surface area contributed by atoms with Gasteiger partial charge in [-0.15, -0.1) is 0 Å². The van der Waals surface area contributed by atoms with Crippen LogP contribution < -0.4 is 5.32 Å². The lowest BCUT2D eigenvalue weighted by atomic mass is 10.1. The molecule has 0 saturated carbocycles. The highest BCUT2D eigenvalue weighted by Crippen LogP contribution is 2.17. The van der Waals surface area contributed by atoms with Crippen LogP contribution in [0.2, 0.25) is 0 Å². The van der Waals surface area contributed by atoms with Crippen LogP contribution in [0.1, 0.15) is 55.8 Å². The molecular weight excluding hydrogens is 324 g/mol. The van der Waals surface area contributed by atoms with Gasteiger partial charge < -0.3 is 10.2 Å². The summed E-state index contributed by atoms with van der Waals surface area (Å²) in [7, 11) is 0. The Morgan fingerprint density at radius 3 is 2.73 bits per heavy atom. The van der Waals surface area contributed by atoms with Crippen molar-refractivity contribution in [2.75, 3.05) is 13.1 Å². The number of nitrogens with one attached hydrogen (secondary N) is 1. The molecule has 1 saturated heterocycles. The number of carbonyl (C=O) groups excluding carboxylic acids is 2. The van der Waals surface area contributed by atoms with E-state index >= 15 is 0 Å². The highest BCUT2D eigenvalue weighted by atomic mass is 16.2. The molecule has 2 amide bonds. The van der Waals surface area contributed by atoms with Gasteiger partial charge in [0, 0.05) is 18.7 Å². The van der Waals surface area contributed by atoms with E-state index < -0.39 is 6.04 Å². The predicted molar refractivity (Wildman–Crippen MR) is 105 cm³/mol. The van der Waals surface area contributed by atoms with Gasteiger partial charge in [0.05, 0.1) is 0 Å². The summed E-state index contributed by atoms with van der Waals surface area (Å²) in [6.45, 7) is 3.77. The second-order valence-electron chi connectivity index (χ2n) is 7.12. The number of amides is 2. The molecule has 3 rings (SSSR count). The number of nitrogens with zero attached hydrogens (tertiary/aromatic N) is 1. The monoisotopic (exact) mass is 352 g/mol.